The highest BCUT2D eigenvalue weighted by Gasteiger charge is 2.19. The van der Waals surface area contributed by atoms with Crippen LogP contribution in [-0.2, 0) is 6.54 Å². The molecule has 2 rings (SSSR count). The molecule has 0 radical (unpaired) electrons. The summed E-state index contributed by atoms with van der Waals surface area (Å²) in [7, 11) is 0. The summed E-state index contributed by atoms with van der Waals surface area (Å²) in [6, 6.07) is 6.22. The number of hydrogen-bond acceptors (Lipinski definition) is 1. The van der Waals surface area contributed by atoms with Crippen LogP contribution in [0.4, 0.5) is 0 Å². The second-order valence-electron chi connectivity index (χ2n) is 4.29. The van der Waals surface area contributed by atoms with Gasteiger partial charge in [0.05, 0.1) is 0 Å². The smallest absolute Gasteiger partial charge is 0.251 e. The Morgan fingerprint density at radius 2 is 2.27 bits per heavy atom. The van der Waals surface area contributed by atoms with E-state index in [4.69, 9.17) is 0 Å². The van der Waals surface area contributed by atoms with Crippen LogP contribution in [0.15, 0.2) is 18.2 Å². The molecule has 0 aliphatic carbocycles. The van der Waals surface area contributed by atoms with E-state index in [1.807, 2.05) is 6.07 Å². The number of carbonyl (C=O) groups excluding carboxylic acids is 1. The van der Waals surface area contributed by atoms with Crippen molar-refractivity contribution >= 4 is 5.91 Å². The van der Waals surface area contributed by atoms with E-state index in [1.165, 1.54) is 18.4 Å². The summed E-state index contributed by atoms with van der Waals surface area (Å²) >= 11 is 0. The molecule has 80 valence electrons. The molecule has 0 aromatic heterocycles. The van der Waals surface area contributed by atoms with Gasteiger partial charge in [-0.1, -0.05) is 32.4 Å². The van der Waals surface area contributed by atoms with E-state index in [0.29, 0.717) is 12.5 Å². The van der Waals surface area contributed by atoms with Gasteiger partial charge in [0.15, 0.2) is 0 Å². The first-order valence-corrected chi connectivity index (χ1v) is 5.63. The van der Waals surface area contributed by atoms with Crippen LogP contribution in [0.5, 0.6) is 0 Å². The molecule has 15 heavy (non-hydrogen) atoms. The average Bonchev–Trinajstić information content (AvgIpc) is 2.60. The van der Waals surface area contributed by atoms with Crippen molar-refractivity contribution in [1.82, 2.24) is 5.32 Å². The van der Waals surface area contributed by atoms with E-state index in [-0.39, 0.29) is 5.91 Å². The average molecular weight is 203 g/mol. The van der Waals surface area contributed by atoms with Crippen LogP contribution >= 0.6 is 0 Å². The Hall–Kier alpha value is -1.31. The Bertz CT molecular complexity index is 384. The van der Waals surface area contributed by atoms with Gasteiger partial charge in [-0.2, -0.15) is 0 Å². The molecule has 1 amide bonds. The number of carbonyl (C=O) groups is 1. The molecule has 1 aromatic carbocycles. The summed E-state index contributed by atoms with van der Waals surface area (Å²) in [6.45, 7) is 5.14. The van der Waals surface area contributed by atoms with Gasteiger partial charge >= 0.3 is 0 Å². The van der Waals surface area contributed by atoms with E-state index >= 15 is 0 Å². The molecule has 1 aliphatic rings. The maximum absolute atomic E-state index is 11.4. The standard InChI is InChI=1S/C13H17NO/c1-3-4-9(2)10-5-6-12-11(7-10)8-14-13(12)15/h5-7,9H,3-4,8H2,1-2H3,(H,14,15). The SMILES string of the molecule is CCCC(C)c1ccc2c(c1)CNC2=O. The van der Waals surface area contributed by atoms with Crippen molar-refractivity contribution in [1.29, 1.82) is 0 Å². The predicted octanol–water partition coefficient (Wildman–Crippen LogP) is 2.83. The van der Waals surface area contributed by atoms with Crippen molar-refractivity contribution in [2.24, 2.45) is 0 Å². The van der Waals surface area contributed by atoms with Crippen LogP contribution < -0.4 is 5.32 Å². The van der Waals surface area contributed by atoms with Crippen molar-refractivity contribution in [2.75, 3.05) is 0 Å². The number of hydrogen-bond donors (Lipinski definition) is 1. The molecule has 1 heterocycles. The lowest BCUT2D eigenvalue weighted by Gasteiger charge is -2.11. The quantitative estimate of drug-likeness (QED) is 0.804. The number of fused-ring (bicyclic) bond motifs is 1. The molecule has 0 fully saturated rings. The normalized spacial score (nSPS) is 16.0. The highest BCUT2D eigenvalue weighted by molar-refractivity contribution is 5.98. The number of rotatable bonds is 3. The van der Waals surface area contributed by atoms with Crippen LogP contribution in [0.2, 0.25) is 0 Å². The van der Waals surface area contributed by atoms with Gasteiger partial charge in [-0.15, -0.1) is 0 Å². The Balaban J connectivity index is 2.26. The maximum Gasteiger partial charge on any atom is 0.251 e. The highest BCUT2D eigenvalue weighted by Crippen LogP contribution is 2.25. The molecule has 1 aliphatic heterocycles. The van der Waals surface area contributed by atoms with Crippen molar-refractivity contribution in [2.45, 2.75) is 39.2 Å². The molecule has 1 atom stereocenters. The zero-order valence-electron chi connectivity index (χ0n) is 9.34. The molecule has 2 nitrogen and oxygen atoms in total. The molecule has 1 unspecified atom stereocenters. The molecule has 0 spiro atoms. The van der Waals surface area contributed by atoms with Crippen LogP contribution in [0, 0.1) is 0 Å². The van der Waals surface area contributed by atoms with E-state index in [9.17, 15) is 4.79 Å². The first-order valence-electron chi connectivity index (χ1n) is 5.63. The van der Waals surface area contributed by atoms with Gasteiger partial charge < -0.3 is 5.32 Å². The fourth-order valence-electron chi connectivity index (χ4n) is 2.16. The second kappa shape index (κ2) is 4.05. The summed E-state index contributed by atoms with van der Waals surface area (Å²) in [5.74, 6) is 0.663. The van der Waals surface area contributed by atoms with Crippen molar-refractivity contribution < 1.29 is 4.79 Å². The monoisotopic (exact) mass is 203 g/mol. The van der Waals surface area contributed by atoms with Gasteiger partial charge in [0, 0.05) is 12.1 Å². The molecular formula is C13H17NO. The summed E-state index contributed by atoms with van der Waals surface area (Å²) in [6.07, 6.45) is 2.41. The zero-order chi connectivity index (χ0) is 10.8. The first kappa shape index (κ1) is 10.2. The van der Waals surface area contributed by atoms with Crippen LogP contribution in [-0.4, -0.2) is 5.91 Å². The summed E-state index contributed by atoms with van der Waals surface area (Å²) in [5, 5.41) is 2.84. The van der Waals surface area contributed by atoms with Crippen molar-refractivity contribution in [3.63, 3.8) is 0 Å². The molecule has 0 bridgehead atoms. The molecule has 1 N–H and O–H groups in total. The largest absolute Gasteiger partial charge is 0.348 e. The third-order valence-corrected chi connectivity index (χ3v) is 3.10. The number of amides is 1. The lowest BCUT2D eigenvalue weighted by atomic mass is 9.94. The minimum absolute atomic E-state index is 0.0692. The van der Waals surface area contributed by atoms with E-state index in [1.54, 1.807) is 0 Å². The number of nitrogens with one attached hydrogen (secondary N) is 1. The van der Waals surface area contributed by atoms with Gasteiger partial charge in [-0.25, -0.2) is 0 Å². The summed E-state index contributed by atoms with van der Waals surface area (Å²) in [5.41, 5.74) is 3.36. The third-order valence-electron chi connectivity index (χ3n) is 3.10. The maximum atomic E-state index is 11.4. The highest BCUT2D eigenvalue weighted by atomic mass is 16.1. The first-order chi connectivity index (χ1) is 7.22. The topological polar surface area (TPSA) is 29.1 Å². The van der Waals surface area contributed by atoms with Crippen LogP contribution in [0.25, 0.3) is 0 Å². The van der Waals surface area contributed by atoms with Gasteiger partial charge in [0.25, 0.3) is 5.91 Å². The lowest BCUT2D eigenvalue weighted by molar-refractivity contribution is 0.0966. The van der Waals surface area contributed by atoms with E-state index in [2.05, 4.69) is 31.3 Å². The van der Waals surface area contributed by atoms with Gasteiger partial charge in [-0.05, 0) is 29.5 Å². The Morgan fingerprint density at radius 1 is 1.47 bits per heavy atom. The van der Waals surface area contributed by atoms with Crippen LogP contribution in [0.1, 0.15) is 54.1 Å². The fraction of sp³-hybridized carbons (Fsp3) is 0.462. The fourth-order valence-corrected chi connectivity index (χ4v) is 2.16. The van der Waals surface area contributed by atoms with Gasteiger partial charge in [-0.3, -0.25) is 4.79 Å². The third kappa shape index (κ3) is 1.89. The predicted molar refractivity (Wildman–Crippen MR) is 60.9 cm³/mol. The molecule has 1 aromatic rings. The second-order valence-corrected chi connectivity index (χ2v) is 4.29. The molecule has 0 saturated carbocycles. The van der Waals surface area contributed by atoms with Gasteiger partial charge in [0.1, 0.15) is 0 Å². The Labute approximate surface area is 90.7 Å². The van der Waals surface area contributed by atoms with Gasteiger partial charge in [0.2, 0.25) is 0 Å². The zero-order valence-corrected chi connectivity index (χ0v) is 9.34. The lowest BCUT2D eigenvalue weighted by Crippen LogP contribution is -2.12. The summed E-state index contributed by atoms with van der Waals surface area (Å²) in [4.78, 5) is 11.4. The number of benzene rings is 1. The molecule has 0 saturated heterocycles. The van der Waals surface area contributed by atoms with Crippen molar-refractivity contribution in [3.8, 4) is 0 Å². The van der Waals surface area contributed by atoms with E-state index in [0.717, 1.165) is 11.1 Å². The molecular weight excluding hydrogens is 186 g/mol. The van der Waals surface area contributed by atoms with Crippen LogP contribution in [0.3, 0.4) is 0 Å². The van der Waals surface area contributed by atoms with E-state index < -0.39 is 0 Å². The molecule has 2 heteroatoms. The Kier molecular flexibility index (Phi) is 2.76. The minimum atomic E-state index is 0.0692. The minimum Gasteiger partial charge on any atom is -0.348 e. The Morgan fingerprint density at radius 3 is 3.00 bits per heavy atom. The van der Waals surface area contributed by atoms with Crippen molar-refractivity contribution in [3.05, 3.63) is 34.9 Å². The summed E-state index contributed by atoms with van der Waals surface area (Å²) < 4.78 is 0.